The first kappa shape index (κ1) is 11.3. The number of pyridine rings is 1. The monoisotopic (exact) mass is 300 g/mol. The van der Waals surface area contributed by atoms with Gasteiger partial charge in [-0.25, -0.2) is 4.98 Å². The number of fused-ring (bicyclic) bond motifs is 1. The van der Waals surface area contributed by atoms with Gasteiger partial charge in [-0.2, -0.15) is 0 Å². The molecule has 7 heteroatoms. The van der Waals surface area contributed by atoms with Crippen LogP contribution in [0, 0.1) is 4.77 Å². The molecule has 84 valence electrons. The first-order chi connectivity index (χ1) is 7.58. The van der Waals surface area contributed by atoms with Gasteiger partial charge in [0.15, 0.2) is 10.4 Å². The normalized spacial score (nSPS) is 10.8. The predicted molar refractivity (Wildman–Crippen MR) is 66.4 cm³/mol. The Bertz CT molecular complexity index is 603. The number of carbonyl (C=O) groups is 1. The van der Waals surface area contributed by atoms with E-state index >= 15 is 0 Å². The van der Waals surface area contributed by atoms with E-state index in [4.69, 9.17) is 18.0 Å². The van der Waals surface area contributed by atoms with E-state index in [0.29, 0.717) is 11.3 Å². The van der Waals surface area contributed by atoms with Crippen molar-refractivity contribution in [3.63, 3.8) is 0 Å². The number of H-pyrrole nitrogens is 1. The number of hydrogen-bond donors (Lipinski definition) is 2. The molecule has 0 aliphatic rings. The molecule has 0 aromatic carbocycles. The second kappa shape index (κ2) is 4.34. The fraction of sp³-hybridized carbons (Fsp3) is 0.222. The average molecular weight is 301 g/mol. The molecule has 5 nitrogen and oxygen atoms in total. The van der Waals surface area contributed by atoms with Crippen molar-refractivity contribution in [2.75, 3.05) is 0 Å². The zero-order chi connectivity index (χ0) is 11.7. The maximum Gasteiger partial charge on any atom is 0.219 e. The van der Waals surface area contributed by atoms with Gasteiger partial charge in [-0.3, -0.25) is 4.79 Å². The van der Waals surface area contributed by atoms with Gasteiger partial charge in [0.25, 0.3) is 0 Å². The third kappa shape index (κ3) is 2.14. The highest BCUT2D eigenvalue weighted by atomic mass is 79.9. The zero-order valence-corrected chi connectivity index (χ0v) is 10.6. The Kier molecular flexibility index (Phi) is 3.06. The molecule has 0 aliphatic heterocycles. The van der Waals surface area contributed by atoms with Crippen LogP contribution in [0.15, 0.2) is 16.7 Å². The smallest absolute Gasteiger partial charge is 0.219 e. The number of halogens is 1. The molecule has 0 saturated heterocycles. The number of imidazole rings is 1. The molecule has 0 fully saturated rings. The predicted octanol–water partition coefficient (Wildman–Crippen LogP) is 1.73. The summed E-state index contributed by atoms with van der Waals surface area (Å²) in [5.41, 5.74) is 6.67. The first-order valence-electron chi connectivity index (χ1n) is 4.60. The summed E-state index contributed by atoms with van der Waals surface area (Å²) in [7, 11) is 0. The highest BCUT2D eigenvalue weighted by molar-refractivity contribution is 9.10. The van der Waals surface area contributed by atoms with Gasteiger partial charge in [-0.15, -0.1) is 0 Å². The van der Waals surface area contributed by atoms with Gasteiger partial charge < -0.3 is 15.3 Å². The molecule has 1 amide bonds. The molecule has 0 bridgehead atoms. The molecule has 0 aliphatic carbocycles. The number of rotatable bonds is 3. The quantitative estimate of drug-likeness (QED) is 0.848. The van der Waals surface area contributed by atoms with Crippen molar-refractivity contribution >= 4 is 45.2 Å². The molecule has 2 rings (SSSR count). The Morgan fingerprint density at radius 3 is 3.12 bits per heavy atom. The number of aromatic nitrogens is 3. The molecule has 3 N–H and O–H groups in total. The minimum Gasteiger partial charge on any atom is -0.370 e. The van der Waals surface area contributed by atoms with Crippen molar-refractivity contribution in [1.29, 1.82) is 0 Å². The molecule has 0 saturated carbocycles. The molecule has 2 aromatic heterocycles. The summed E-state index contributed by atoms with van der Waals surface area (Å²) in [5.74, 6) is -0.353. The lowest BCUT2D eigenvalue weighted by Gasteiger charge is -2.01. The lowest BCUT2D eigenvalue weighted by molar-refractivity contribution is -0.118. The topological polar surface area (TPSA) is 76.7 Å². The Morgan fingerprint density at radius 2 is 2.44 bits per heavy atom. The third-order valence-corrected chi connectivity index (χ3v) is 2.91. The van der Waals surface area contributed by atoms with E-state index in [2.05, 4.69) is 25.9 Å². The van der Waals surface area contributed by atoms with Crippen LogP contribution < -0.4 is 5.73 Å². The summed E-state index contributed by atoms with van der Waals surface area (Å²) in [5, 5.41) is 0. The van der Waals surface area contributed by atoms with E-state index in [1.54, 1.807) is 10.8 Å². The number of carbonyl (C=O) groups excluding carboxylic acids is 1. The number of primary amides is 1. The summed E-state index contributed by atoms with van der Waals surface area (Å²) < 4.78 is 3.18. The van der Waals surface area contributed by atoms with E-state index in [1.807, 2.05) is 6.07 Å². The third-order valence-electron chi connectivity index (χ3n) is 2.16. The molecule has 2 heterocycles. The van der Waals surface area contributed by atoms with Crippen LogP contribution in [0.1, 0.15) is 6.42 Å². The lowest BCUT2D eigenvalue weighted by atomic mass is 10.4. The molecular weight excluding hydrogens is 292 g/mol. The van der Waals surface area contributed by atoms with Crippen LogP contribution in [0.2, 0.25) is 0 Å². The number of aromatic amines is 1. The summed E-state index contributed by atoms with van der Waals surface area (Å²) in [6.45, 7) is 0.447. The summed E-state index contributed by atoms with van der Waals surface area (Å²) in [6, 6.07) is 1.89. The van der Waals surface area contributed by atoms with E-state index in [1.165, 1.54) is 0 Å². The maximum atomic E-state index is 10.7. The van der Waals surface area contributed by atoms with Crippen LogP contribution in [-0.4, -0.2) is 20.4 Å². The number of nitrogens with one attached hydrogen (secondary N) is 1. The number of nitrogens with zero attached hydrogens (tertiary/aromatic N) is 2. The molecule has 0 spiro atoms. The highest BCUT2D eigenvalue weighted by Crippen LogP contribution is 2.16. The second-order valence-corrected chi connectivity index (χ2v) is 4.63. The summed E-state index contributed by atoms with van der Waals surface area (Å²) >= 11 is 8.48. The number of amides is 1. The minimum atomic E-state index is -0.353. The van der Waals surface area contributed by atoms with Crippen LogP contribution in [0.3, 0.4) is 0 Å². The summed E-state index contributed by atoms with van der Waals surface area (Å²) in [4.78, 5) is 18.0. The first-order valence-corrected chi connectivity index (χ1v) is 5.80. The van der Waals surface area contributed by atoms with Gasteiger partial charge >= 0.3 is 0 Å². The number of nitrogens with two attached hydrogens (primary N) is 1. The highest BCUT2D eigenvalue weighted by Gasteiger charge is 2.06. The van der Waals surface area contributed by atoms with Crippen LogP contribution in [0.5, 0.6) is 0 Å². The van der Waals surface area contributed by atoms with Gasteiger partial charge in [0.05, 0.1) is 5.52 Å². The zero-order valence-electron chi connectivity index (χ0n) is 8.24. The number of aryl methyl sites for hydroxylation is 1. The molecule has 0 radical (unpaired) electrons. The van der Waals surface area contributed by atoms with Crippen molar-refractivity contribution < 1.29 is 4.79 Å². The van der Waals surface area contributed by atoms with Crippen LogP contribution >= 0.6 is 28.1 Å². The van der Waals surface area contributed by atoms with E-state index < -0.39 is 0 Å². The van der Waals surface area contributed by atoms with Crippen LogP contribution in [0.25, 0.3) is 11.2 Å². The fourth-order valence-corrected chi connectivity index (χ4v) is 2.07. The lowest BCUT2D eigenvalue weighted by Crippen LogP contribution is -2.14. The van der Waals surface area contributed by atoms with Crippen molar-refractivity contribution in [2.24, 2.45) is 5.73 Å². The van der Waals surface area contributed by atoms with Gasteiger partial charge in [0.2, 0.25) is 5.91 Å². The Labute approximate surface area is 105 Å². The standard InChI is InChI=1S/C9H9BrN4OS/c10-5-3-6-8(12-4-5)14(9(16)13-6)2-1-7(11)15/h3-4H,1-2H2,(H2,11,15)(H,13,16). The second-order valence-electron chi connectivity index (χ2n) is 3.32. The Morgan fingerprint density at radius 1 is 1.69 bits per heavy atom. The SMILES string of the molecule is NC(=O)CCn1c(=S)[nH]c2cc(Br)cnc21. The average Bonchev–Trinajstić information content (AvgIpc) is 2.50. The molecule has 2 aromatic rings. The molecule has 0 atom stereocenters. The van der Waals surface area contributed by atoms with Crippen LogP contribution in [0.4, 0.5) is 0 Å². The molecular formula is C9H9BrN4OS. The van der Waals surface area contributed by atoms with Crippen molar-refractivity contribution in [3.05, 3.63) is 21.5 Å². The van der Waals surface area contributed by atoms with Gasteiger partial charge in [-0.05, 0) is 34.2 Å². The van der Waals surface area contributed by atoms with Gasteiger partial charge in [0, 0.05) is 23.6 Å². The van der Waals surface area contributed by atoms with E-state index in [0.717, 1.165) is 15.6 Å². The Hall–Kier alpha value is -1.21. The van der Waals surface area contributed by atoms with Gasteiger partial charge in [-0.1, -0.05) is 0 Å². The number of hydrogen-bond acceptors (Lipinski definition) is 3. The fourth-order valence-electron chi connectivity index (χ4n) is 1.45. The van der Waals surface area contributed by atoms with E-state index in [-0.39, 0.29) is 12.3 Å². The Balaban J connectivity index is 2.48. The molecule has 16 heavy (non-hydrogen) atoms. The summed E-state index contributed by atoms with van der Waals surface area (Å²) in [6.07, 6.45) is 1.94. The largest absolute Gasteiger partial charge is 0.370 e. The maximum absolute atomic E-state index is 10.7. The van der Waals surface area contributed by atoms with Crippen molar-refractivity contribution in [1.82, 2.24) is 14.5 Å². The van der Waals surface area contributed by atoms with Crippen molar-refractivity contribution in [3.8, 4) is 0 Å². The minimum absolute atomic E-state index is 0.249. The van der Waals surface area contributed by atoms with Crippen molar-refractivity contribution in [2.45, 2.75) is 13.0 Å². The van der Waals surface area contributed by atoms with Gasteiger partial charge in [0.1, 0.15) is 0 Å². The van der Waals surface area contributed by atoms with Crippen LogP contribution in [-0.2, 0) is 11.3 Å². The van der Waals surface area contributed by atoms with E-state index in [9.17, 15) is 4.79 Å². The molecule has 0 unspecified atom stereocenters.